The Balaban J connectivity index is 2.82. The van der Waals surface area contributed by atoms with Crippen LogP contribution in [0, 0.1) is 0 Å². The summed E-state index contributed by atoms with van der Waals surface area (Å²) in [4.78, 5) is 35.3. The monoisotopic (exact) mass is 213 g/mol. The van der Waals surface area contributed by atoms with Gasteiger partial charge >= 0.3 is 5.97 Å². The Morgan fingerprint density at radius 1 is 1.40 bits per heavy atom. The summed E-state index contributed by atoms with van der Waals surface area (Å²) in [5.74, 6) is -1.06. The molecule has 5 nitrogen and oxygen atoms in total. The number of methoxy groups -OCH3 is 1. The average molecular weight is 213 g/mol. The molecular formula is C10H15NO4. The zero-order valence-corrected chi connectivity index (χ0v) is 8.99. The molecule has 1 heterocycles. The number of ether oxygens (including phenoxy) is 1. The fraction of sp³-hybridized carbons (Fsp3) is 0.700. The third-order valence-corrected chi connectivity index (χ3v) is 2.44. The van der Waals surface area contributed by atoms with Crippen LogP contribution in [-0.2, 0) is 19.1 Å². The summed E-state index contributed by atoms with van der Waals surface area (Å²) in [5, 5.41) is 0. The molecule has 0 aromatic heterocycles. The number of amides is 2. The van der Waals surface area contributed by atoms with Crippen LogP contribution >= 0.6 is 0 Å². The van der Waals surface area contributed by atoms with Gasteiger partial charge in [-0.25, -0.2) is 4.79 Å². The van der Waals surface area contributed by atoms with Gasteiger partial charge in [0.15, 0.2) is 0 Å². The number of likely N-dealkylation sites (tertiary alicyclic amines) is 1. The van der Waals surface area contributed by atoms with E-state index in [1.807, 2.05) is 6.92 Å². The van der Waals surface area contributed by atoms with Crippen LogP contribution in [0.1, 0.15) is 32.6 Å². The van der Waals surface area contributed by atoms with Crippen molar-refractivity contribution in [1.29, 1.82) is 0 Å². The van der Waals surface area contributed by atoms with E-state index in [1.165, 1.54) is 7.11 Å². The lowest BCUT2D eigenvalue weighted by Crippen LogP contribution is -2.44. The van der Waals surface area contributed by atoms with Crippen molar-refractivity contribution in [1.82, 2.24) is 4.90 Å². The maximum absolute atomic E-state index is 11.4. The second-order valence-corrected chi connectivity index (χ2v) is 3.49. The molecule has 1 atom stereocenters. The Morgan fingerprint density at radius 3 is 2.33 bits per heavy atom. The molecule has 84 valence electrons. The second-order valence-electron chi connectivity index (χ2n) is 3.49. The molecule has 0 aromatic carbocycles. The van der Waals surface area contributed by atoms with Gasteiger partial charge in [0.25, 0.3) is 0 Å². The number of nitrogens with zero attached hydrogens (tertiary/aromatic N) is 1. The summed E-state index contributed by atoms with van der Waals surface area (Å²) in [6, 6.07) is -0.734. The van der Waals surface area contributed by atoms with E-state index in [9.17, 15) is 14.4 Å². The molecule has 1 aliphatic rings. The van der Waals surface area contributed by atoms with Crippen LogP contribution in [0.15, 0.2) is 0 Å². The molecule has 0 aliphatic carbocycles. The SMILES string of the molecule is CCCC(C(=O)OC)N1C(=O)CCC1=O. The Morgan fingerprint density at radius 2 is 1.93 bits per heavy atom. The largest absolute Gasteiger partial charge is 0.467 e. The Kier molecular flexibility index (Phi) is 3.82. The summed E-state index contributed by atoms with van der Waals surface area (Å²) in [5.41, 5.74) is 0. The highest BCUT2D eigenvalue weighted by Crippen LogP contribution is 2.19. The summed E-state index contributed by atoms with van der Waals surface area (Å²) < 4.78 is 4.59. The molecule has 1 saturated heterocycles. The zero-order valence-electron chi connectivity index (χ0n) is 8.99. The van der Waals surface area contributed by atoms with Gasteiger partial charge in [0.05, 0.1) is 7.11 Å². The molecule has 0 aromatic rings. The molecular weight excluding hydrogens is 198 g/mol. The maximum atomic E-state index is 11.4. The van der Waals surface area contributed by atoms with Crippen molar-refractivity contribution in [2.24, 2.45) is 0 Å². The fourth-order valence-corrected chi connectivity index (χ4v) is 1.70. The molecule has 15 heavy (non-hydrogen) atoms. The predicted molar refractivity (Wildman–Crippen MR) is 51.8 cm³/mol. The van der Waals surface area contributed by atoms with E-state index < -0.39 is 12.0 Å². The molecule has 0 radical (unpaired) electrons. The van der Waals surface area contributed by atoms with E-state index in [4.69, 9.17) is 0 Å². The van der Waals surface area contributed by atoms with Gasteiger partial charge < -0.3 is 4.74 Å². The maximum Gasteiger partial charge on any atom is 0.329 e. The molecule has 1 unspecified atom stereocenters. The van der Waals surface area contributed by atoms with E-state index in [-0.39, 0.29) is 24.7 Å². The number of imide groups is 1. The molecule has 1 aliphatic heterocycles. The molecule has 0 bridgehead atoms. The molecule has 2 amide bonds. The van der Waals surface area contributed by atoms with E-state index in [1.54, 1.807) is 0 Å². The summed E-state index contributed by atoms with van der Waals surface area (Å²) in [7, 11) is 1.26. The minimum Gasteiger partial charge on any atom is -0.467 e. The van der Waals surface area contributed by atoms with E-state index in [0.717, 1.165) is 11.3 Å². The number of hydrogen-bond donors (Lipinski definition) is 0. The van der Waals surface area contributed by atoms with Crippen molar-refractivity contribution in [3.63, 3.8) is 0 Å². The third kappa shape index (κ3) is 2.34. The molecule has 0 N–H and O–H groups in total. The van der Waals surface area contributed by atoms with Crippen molar-refractivity contribution in [2.75, 3.05) is 7.11 Å². The van der Waals surface area contributed by atoms with Crippen LogP contribution in [0.5, 0.6) is 0 Å². The Bertz CT molecular complexity index is 271. The molecule has 1 fully saturated rings. The highest BCUT2D eigenvalue weighted by molar-refractivity contribution is 6.05. The fourth-order valence-electron chi connectivity index (χ4n) is 1.70. The summed E-state index contributed by atoms with van der Waals surface area (Å²) in [6.45, 7) is 1.89. The number of carbonyl (C=O) groups excluding carboxylic acids is 3. The van der Waals surface area contributed by atoms with Gasteiger partial charge in [-0.3, -0.25) is 14.5 Å². The normalized spacial score (nSPS) is 18.1. The highest BCUT2D eigenvalue weighted by Gasteiger charge is 2.38. The van der Waals surface area contributed by atoms with Gasteiger partial charge in [0, 0.05) is 12.8 Å². The topological polar surface area (TPSA) is 63.7 Å². The molecule has 0 spiro atoms. The van der Waals surface area contributed by atoms with Crippen LogP contribution < -0.4 is 0 Å². The van der Waals surface area contributed by atoms with Gasteiger partial charge in [0.2, 0.25) is 11.8 Å². The molecule has 0 saturated carbocycles. The van der Waals surface area contributed by atoms with Crippen LogP contribution in [0.2, 0.25) is 0 Å². The first kappa shape index (κ1) is 11.7. The lowest BCUT2D eigenvalue weighted by molar-refractivity contribution is -0.156. The van der Waals surface area contributed by atoms with E-state index in [2.05, 4.69) is 4.74 Å². The Labute approximate surface area is 88.4 Å². The zero-order chi connectivity index (χ0) is 11.4. The van der Waals surface area contributed by atoms with E-state index >= 15 is 0 Å². The van der Waals surface area contributed by atoms with Gasteiger partial charge in [0.1, 0.15) is 6.04 Å². The van der Waals surface area contributed by atoms with E-state index in [0.29, 0.717) is 6.42 Å². The number of rotatable bonds is 4. The number of carbonyl (C=O) groups is 3. The lowest BCUT2D eigenvalue weighted by atomic mass is 10.1. The van der Waals surface area contributed by atoms with Crippen molar-refractivity contribution in [3.05, 3.63) is 0 Å². The average Bonchev–Trinajstić information content (AvgIpc) is 2.55. The van der Waals surface area contributed by atoms with Gasteiger partial charge in [-0.2, -0.15) is 0 Å². The summed E-state index contributed by atoms with van der Waals surface area (Å²) in [6.07, 6.45) is 1.59. The van der Waals surface area contributed by atoms with Gasteiger partial charge in [-0.05, 0) is 6.42 Å². The van der Waals surface area contributed by atoms with Crippen LogP contribution in [0.4, 0.5) is 0 Å². The predicted octanol–water partition coefficient (Wildman–Crippen LogP) is 0.477. The second kappa shape index (κ2) is 4.91. The molecule has 1 rings (SSSR count). The first-order valence-corrected chi connectivity index (χ1v) is 5.04. The standard InChI is InChI=1S/C10H15NO4/c1-3-4-7(10(14)15-2)11-8(12)5-6-9(11)13/h7H,3-6H2,1-2H3. The van der Waals surface area contributed by atoms with Gasteiger partial charge in [-0.15, -0.1) is 0 Å². The van der Waals surface area contributed by atoms with Crippen molar-refractivity contribution in [3.8, 4) is 0 Å². The van der Waals surface area contributed by atoms with Crippen molar-refractivity contribution in [2.45, 2.75) is 38.6 Å². The minimum atomic E-state index is -0.734. The number of hydrogen-bond acceptors (Lipinski definition) is 4. The van der Waals surface area contributed by atoms with Crippen molar-refractivity contribution < 1.29 is 19.1 Å². The van der Waals surface area contributed by atoms with Crippen LogP contribution in [-0.4, -0.2) is 35.8 Å². The van der Waals surface area contributed by atoms with Crippen LogP contribution in [0.3, 0.4) is 0 Å². The van der Waals surface area contributed by atoms with Crippen LogP contribution in [0.25, 0.3) is 0 Å². The third-order valence-electron chi connectivity index (χ3n) is 2.44. The highest BCUT2D eigenvalue weighted by atomic mass is 16.5. The minimum absolute atomic E-state index is 0.204. The first-order valence-electron chi connectivity index (χ1n) is 5.04. The summed E-state index contributed by atoms with van der Waals surface area (Å²) >= 11 is 0. The van der Waals surface area contributed by atoms with Gasteiger partial charge in [-0.1, -0.05) is 13.3 Å². The quantitative estimate of drug-likeness (QED) is 0.503. The first-order chi connectivity index (χ1) is 7.11. The number of esters is 1. The van der Waals surface area contributed by atoms with Crippen molar-refractivity contribution >= 4 is 17.8 Å². The lowest BCUT2D eigenvalue weighted by Gasteiger charge is -2.23. The molecule has 5 heteroatoms. The smallest absolute Gasteiger partial charge is 0.329 e. The Hall–Kier alpha value is -1.39.